The average molecular weight is 270 g/mol. The van der Waals surface area contributed by atoms with E-state index in [9.17, 15) is 9.59 Å². The molecule has 1 aliphatic carbocycles. The van der Waals surface area contributed by atoms with E-state index in [0.717, 1.165) is 25.2 Å². The average Bonchev–Trinajstić information content (AvgIpc) is 2.24. The summed E-state index contributed by atoms with van der Waals surface area (Å²) in [6, 6.07) is 0.223. The molecule has 5 heteroatoms. The van der Waals surface area contributed by atoms with Crippen LogP contribution in [0.2, 0.25) is 0 Å². The molecule has 0 aromatic rings. The van der Waals surface area contributed by atoms with Gasteiger partial charge in [-0.3, -0.25) is 4.79 Å². The van der Waals surface area contributed by atoms with Gasteiger partial charge in [0.05, 0.1) is 0 Å². The Kier molecular flexibility index (Phi) is 5.63. The van der Waals surface area contributed by atoms with Gasteiger partial charge < -0.3 is 15.7 Å². The molecule has 19 heavy (non-hydrogen) atoms. The van der Waals surface area contributed by atoms with E-state index in [1.807, 2.05) is 13.8 Å². The van der Waals surface area contributed by atoms with Crippen LogP contribution in [0.25, 0.3) is 0 Å². The van der Waals surface area contributed by atoms with Gasteiger partial charge in [0.2, 0.25) is 0 Å². The summed E-state index contributed by atoms with van der Waals surface area (Å²) >= 11 is 0. The lowest BCUT2D eigenvalue weighted by Crippen LogP contribution is -2.48. The number of rotatable bonds is 7. The van der Waals surface area contributed by atoms with Crippen LogP contribution >= 0.6 is 0 Å². The number of hydrogen-bond acceptors (Lipinski definition) is 2. The molecule has 0 heterocycles. The molecule has 0 unspecified atom stereocenters. The van der Waals surface area contributed by atoms with Crippen molar-refractivity contribution in [3.63, 3.8) is 0 Å². The molecule has 3 N–H and O–H groups in total. The van der Waals surface area contributed by atoms with Crippen LogP contribution in [0.5, 0.6) is 0 Å². The normalized spacial score (nSPS) is 22.5. The van der Waals surface area contributed by atoms with Crippen molar-refractivity contribution in [2.75, 3.05) is 6.54 Å². The van der Waals surface area contributed by atoms with Crippen molar-refractivity contribution in [2.45, 2.75) is 58.9 Å². The van der Waals surface area contributed by atoms with E-state index < -0.39 is 5.97 Å². The highest BCUT2D eigenvalue weighted by Gasteiger charge is 2.26. The Morgan fingerprint density at radius 3 is 2.42 bits per heavy atom. The topological polar surface area (TPSA) is 78.4 Å². The molecule has 5 nitrogen and oxygen atoms in total. The highest BCUT2D eigenvalue weighted by atomic mass is 16.4. The minimum absolute atomic E-state index is 0.0589. The number of nitrogens with one attached hydrogen (secondary N) is 2. The number of carboxylic acids is 1. The Bertz CT molecular complexity index is 323. The first-order valence-corrected chi connectivity index (χ1v) is 7.05. The van der Waals surface area contributed by atoms with Gasteiger partial charge >= 0.3 is 12.0 Å². The van der Waals surface area contributed by atoms with Crippen LogP contribution in [-0.4, -0.2) is 29.7 Å². The Balaban J connectivity index is 2.11. The van der Waals surface area contributed by atoms with E-state index in [4.69, 9.17) is 5.11 Å². The van der Waals surface area contributed by atoms with Gasteiger partial charge in [0.15, 0.2) is 0 Å². The molecule has 2 amide bonds. The molecule has 0 radical (unpaired) electrons. The fourth-order valence-electron chi connectivity index (χ4n) is 2.34. The quantitative estimate of drug-likeness (QED) is 0.664. The molecule has 0 bridgehead atoms. The first-order valence-electron chi connectivity index (χ1n) is 7.05. The van der Waals surface area contributed by atoms with Crippen molar-refractivity contribution in [2.24, 2.45) is 11.3 Å². The number of hydrogen-bond donors (Lipinski definition) is 3. The summed E-state index contributed by atoms with van der Waals surface area (Å²) in [6.45, 7) is 6.83. The molecule has 0 aromatic heterocycles. The maximum absolute atomic E-state index is 11.6. The Labute approximate surface area is 115 Å². The minimum atomic E-state index is -0.766. The third-order valence-electron chi connectivity index (χ3n) is 3.81. The van der Waals surface area contributed by atoms with E-state index in [0.29, 0.717) is 19.0 Å². The summed E-state index contributed by atoms with van der Waals surface area (Å²) in [5.41, 5.74) is -0.0589. The van der Waals surface area contributed by atoms with Crippen molar-refractivity contribution in [1.82, 2.24) is 10.6 Å². The third-order valence-corrected chi connectivity index (χ3v) is 3.81. The largest absolute Gasteiger partial charge is 0.481 e. The van der Waals surface area contributed by atoms with Crippen LogP contribution in [-0.2, 0) is 4.79 Å². The summed E-state index contributed by atoms with van der Waals surface area (Å²) in [5, 5.41) is 14.4. The maximum Gasteiger partial charge on any atom is 0.315 e. The number of carboxylic acid groups (broad SMARTS) is 1. The monoisotopic (exact) mass is 270 g/mol. The van der Waals surface area contributed by atoms with Crippen LogP contribution in [0, 0.1) is 11.3 Å². The number of amides is 2. The first kappa shape index (κ1) is 15.8. The predicted octanol–water partition coefficient (Wildman–Crippen LogP) is 2.37. The zero-order valence-electron chi connectivity index (χ0n) is 12.2. The van der Waals surface area contributed by atoms with Crippen LogP contribution in [0.1, 0.15) is 52.9 Å². The number of urea groups is 1. The van der Waals surface area contributed by atoms with Crippen molar-refractivity contribution in [1.29, 1.82) is 0 Å². The number of carbonyl (C=O) groups is 2. The van der Waals surface area contributed by atoms with Crippen LogP contribution in [0.15, 0.2) is 0 Å². The van der Waals surface area contributed by atoms with Gasteiger partial charge in [-0.15, -0.1) is 0 Å². The molecule has 0 saturated heterocycles. The second kappa shape index (κ2) is 6.78. The Morgan fingerprint density at radius 1 is 1.26 bits per heavy atom. The molecule has 0 aliphatic heterocycles. The predicted molar refractivity (Wildman–Crippen MR) is 74.0 cm³/mol. The summed E-state index contributed by atoms with van der Waals surface area (Å²) in [5.74, 6) is -0.0434. The fraction of sp³-hybridized carbons (Fsp3) is 0.857. The van der Waals surface area contributed by atoms with Gasteiger partial charge in [0.1, 0.15) is 0 Å². The molecule has 0 aromatic carbocycles. The van der Waals surface area contributed by atoms with Crippen molar-refractivity contribution in [3.8, 4) is 0 Å². The van der Waals surface area contributed by atoms with E-state index in [-0.39, 0.29) is 17.9 Å². The van der Waals surface area contributed by atoms with Gasteiger partial charge in [-0.1, -0.05) is 20.8 Å². The van der Waals surface area contributed by atoms with Gasteiger partial charge in [-0.2, -0.15) is 0 Å². The van der Waals surface area contributed by atoms with E-state index in [1.165, 1.54) is 0 Å². The van der Waals surface area contributed by atoms with Gasteiger partial charge in [-0.25, -0.2) is 4.79 Å². The lowest BCUT2D eigenvalue weighted by molar-refractivity contribution is -0.137. The van der Waals surface area contributed by atoms with Crippen molar-refractivity contribution >= 4 is 12.0 Å². The molecular formula is C14H26N2O3. The van der Waals surface area contributed by atoms with Crippen molar-refractivity contribution < 1.29 is 14.7 Å². The second-order valence-electron chi connectivity index (χ2n) is 6.48. The Morgan fingerprint density at radius 2 is 1.89 bits per heavy atom. The highest BCUT2D eigenvalue weighted by Crippen LogP contribution is 2.27. The fourth-order valence-corrected chi connectivity index (χ4v) is 2.34. The van der Waals surface area contributed by atoms with Crippen LogP contribution < -0.4 is 10.6 Å². The SMILES string of the molecule is CC1CC(NC(=O)NCCC(C)(C)CCC(=O)O)C1. The Hall–Kier alpha value is -1.26. The summed E-state index contributed by atoms with van der Waals surface area (Å²) in [4.78, 5) is 22.1. The van der Waals surface area contributed by atoms with Crippen LogP contribution in [0.4, 0.5) is 4.79 Å². The molecular weight excluding hydrogens is 244 g/mol. The lowest BCUT2D eigenvalue weighted by atomic mass is 9.82. The molecule has 1 rings (SSSR count). The molecule has 1 aliphatic rings. The summed E-state index contributed by atoms with van der Waals surface area (Å²) in [7, 11) is 0. The number of aliphatic carboxylic acids is 1. The number of carbonyl (C=O) groups excluding carboxylic acids is 1. The smallest absolute Gasteiger partial charge is 0.315 e. The first-order chi connectivity index (χ1) is 8.78. The molecule has 1 saturated carbocycles. The third kappa shape index (κ3) is 6.45. The van der Waals surface area contributed by atoms with E-state index in [1.54, 1.807) is 0 Å². The summed E-state index contributed by atoms with van der Waals surface area (Å²) < 4.78 is 0. The minimum Gasteiger partial charge on any atom is -0.481 e. The lowest BCUT2D eigenvalue weighted by Gasteiger charge is -2.33. The summed E-state index contributed by atoms with van der Waals surface area (Å²) in [6.07, 6.45) is 3.73. The molecule has 0 atom stereocenters. The standard InChI is InChI=1S/C14H26N2O3/c1-10-8-11(9-10)16-13(19)15-7-6-14(2,3)5-4-12(17)18/h10-11H,4-9H2,1-3H3,(H,17,18)(H2,15,16,19). The van der Waals surface area contributed by atoms with Gasteiger partial charge in [-0.05, 0) is 37.0 Å². The maximum atomic E-state index is 11.6. The van der Waals surface area contributed by atoms with E-state index in [2.05, 4.69) is 17.6 Å². The van der Waals surface area contributed by atoms with Crippen molar-refractivity contribution in [3.05, 3.63) is 0 Å². The van der Waals surface area contributed by atoms with Gasteiger partial charge in [0.25, 0.3) is 0 Å². The molecule has 1 fully saturated rings. The zero-order chi connectivity index (χ0) is 14.5. The van der Waals surface area contributed by atoms with E-state index >= 15 is 0 Å². The highest BCUT2D eigenvalue weighted by molar-refractivity contribution is 5.74. The molecule has 110 valence electrons. The van der Waals surface area contributed by atoms with Gasteiger partial charge in [0, 0.05) is 19.0 Å². The molecule has 0 spiro atoms. The zero-order valence-corrected chi connectivity index (χ0v) is 12.2. The second-order valence-corrected chi connectivity index (χ2v) is 6.48. The van der Waals surface area contributed by atoms with Crippen LogP contribution in [0.3, 0.4) is 0 Å².